The number of piperidine rings is 1. The highest BCUT2D eigenvalue weighted by atomic mass is 19.1. The lowest BCUT2D eigenvalue weighted by Crippen LogP contribution is -2.42. The van der Waals surface area contributed by atoms with E-state index in [1.54, 1.807) is 11.0 Å². The molecule has 5 rings (SSSR count). The van der Waals surface area contributed by atoms with Crippen molar-refractivity contribution in [3.8, 4) is 17.0 Å². The molecular formula is C32H42F3N7O. The van der Waals surface area contributed by atoms with Gasteiger partial charge in [-0.25, -0.2) is 23.7 Å². The number of nitrogens with one attached hydrogen (secondary N) is 1. The third kappa shape index (κ3) is 7.04. The summed E-state index contributed by atoms with van der Waals surface area (Å²) in [7, 11) is 4.21. The fourth-order valence-electron chi connectivity index (χ4n) is 5.87. The molecule has 2 aliphatic rings. The zero-order valence-electron chi connectivity index (χ0n) is 25.9. The molecule has 2 aliphatic heterocycles. The molecule has 1 unspecified atom stereocenters. The minimum Gasteiger partial charge on any atom is -0.453 e. The van der Waals surface area contributed by atoms with Gasteiger partial charge in [0.2, 0.25) is 5.95 Å². The molecule has 3 aromatic rings. The number of ether oxygens (including phenoxy) is 1. The average Bonchev–Trinajstić information content (AvgIpc) is 2.97. The first-order valence-corrected chi connectivity index (χ1v) is 15.1. The number of aromatic nitrogens is 3. The van der Waals surface area contributed by atoms with Gasteiger partial charge in [0.05, 0.1) is 18.4 Å². The Kier molecular flexibility index (Phi) is 9.41. The van der Waals surface area contributed by atoms with Crippen molar-refractivity contribution in [2.24, 2.45) is 0 Å². The summed E-state index contributed by atoms with van der Waals surface area (Å²) < 4.78 is 49.4. The van der Waals surface area contributed by atoms with Crippen LogP contribution in [-0.4, -0.2) is 84.0 Å². The van der Waals surface area contributed by atoms with E-state index in [0.717, 1.165) is 57.0 Å². The molecule has 0 amide bonds. The minimum atomic E-state index is -1.66. The van der Waals surface area contributed by atoms with Crippen molar-refractivity contribution < 1.29 is 17.9 Å². The van der Waals surface area contributed by atoms with E-state index in [1.807, 2.05) is 19.9 Å². The van der Waals surface area contributed by atoms with E-state index < -0.39 is 18.0 Å². The van der Waals surface area contributed by atoms with Crippen molar-refractivity contribution in [3.63, 3.8) is 0 Å². The van der Waals surface area contributed by atoms with Crippen LogP contribution in [0.3, 0.4) is 0 Å². The SMILES string of the molecule is CC(C)c1nc(Nc2ncc(F)c(-c3cc(F)c4c(c3)N(C(C)C)CC(F)O4)n2)ccc1C1CCN(CCN(C)C)CC1. The van der Waals surface area contributed by atoms with Gasteiger partial charge in [-0.2, -0.15) is 4.39 Å². The van der Waals surface area contributed by atoms with Gasteiger partial charge in [-0.1, -0.05) is 19.9 Å². The molecule has 4 heterocycles. The van der Waals surface area contributed by atoms with Gasteiger partial charge in [0.15, 0.2) is 17.4 Å². The maximum atomic E-state index is 15.1. The summed E-state index contributed by atoms with van der Waals surface area (Å²) in [6.07, 6.45) is 1.58. The lowest BCUT2D eigenvalue weighted by Gasteiger charge is -2.36. The Morgan fingerprint density at radius 3 is 2.47 bits per heavy atom. The predicted molar refractivity (Wildman–Crippen MR) is 164 cm³/mol. The third-order valence-corrected chi connectivity index (χ3v) is 8.20. The van der Waals surface area contributed by atoms with Crippen LogP contribution in [0.4, 0.5) is 30.6 Å². The second-order valence-electron chi connectivity index (χ2n) is 12.3. The zero-order chi connectivity index (χ0) is 30.8. The van der Waals surface area contributed by atoms with E-state index in [1.165, 1.54) is 5.56 Å². The maximum absolute atomic E-state index is 15.1. The van der Waals surface area contributed by atoms with E-state index in [0.29, 0.717) is 17.4 Å². The average molecular weight is 598 g/mol. The molecule has 232 valence electrons. The minimum absolute atomic E-state index is 0.0535. The highest BCUT2D eigenvalue weighted by Crippen LogP contribution is 2.41. The van der Waals surface area contributed by atoms with E-state index >= 15 is 8.78 Å². The lowest BCUT2D eigenvalue weighted by atomic mass is 9.86. The van der Waals surface area contributed by atoms with Gasteiger partial charge in [-0.15, -0.1) is 0 Å². The van der Waals surface area contributed by atoms with E-state index in [2.05, 4.69) is 59.1 Å². The number of alkyl halides is 1. The summed E-state index contributed by atoms with van der Waals surface area (Å²) in [6.45, 7) is 12.2. The van der Waals surface area contributed by atoms with Crippen molar-refractivity contribution in [1.29, 1.82) is 0 Å². The molecule has 1 saturated heterocycles. The Morgan fingerprint density at radius 1 is 1.05 bits per heavy atom. The molecule has 1 aromatic carbocycles. The highest BCUT2D eigenvalue weighted by Gasteiger charge is 2.31. The number of halogens is 3. The molecule has 1 N–H and O–H groups in total. The second-order valence-corrected chi connectivity index (χ2v) is 12.3. The summed E-state index contributed by atoms with van der Waals surface area (Å²) in [4.78, 5) is 19.9. The van der Waals surface area contributed by atoms with Gasteiger partial charge in [0.25, 0.3) is 6.36 Å². The molecule has 0 aliphatic carbocycles. The molecule has 0 saturated carbocycles. The standard InChI is InChI=1S/C32H42F3N7O/c1-19(2)29-23(21-9-11-41(12-10-21)14-13-40(5)6)7-8-28(37-29)38-32-36-17-25(34)30(39-32)22-15-24(33)31-26(16-22)42(20(3)4)18-27(35)43-31/h7-8,15-17,19-21,27H,9-14,18H2,1-6H3,(H,36,37,38,39). The molecule has 1 atom stereocenters. The van der Waals surface area contributed by atoms with E-state index in [4.69, 9.17) is 9.72 Å². The Labute approximate surface area is 252 Å². The monoisotopic (exact) mass is 597 g/mol. The van der Waals surface area contributed by atoms with Crippen molar-refractivity contribution in [3.05, 3.63) is 53.4 Å². The molecule has 8 nitrogen and oxygen atoms in total. The molecular weight excluding hydrogens is 555 g/mol. The number of rotatable bonds is 9. The number of pyridine rings is 1. The highest BCUT2D eigenvalue weighted by molar-refractivity contribution is 5.73. The van der Waals surface area contributed by atoms with Crippen LogP contribution in [0.2, 0.25) is 0 Å². The normalized spacial score (nSPS) is 18.0. The molecule has 1 fully saturated rings. The fraction of sp³-hybridized carbons (Fsp3) is 0.531. The van der Waals surface area contributed by atoms with Crippen LogP contribution in [0.1, 0.15) is 63.6 Å². The van der Waals surface area contributed by atoms with Crippen LogP contribution in [0, 0.1) is 11.6 Å². The smallest absolute Gasteiger partial charge is 0.256 e. The quantitative estimate of drug-likeness (QED) is 0.307. The van der Waals surface area contributed by atoms with Gasteiger partial charge in [-0.3, -0.25) is 0 Å². The molecule has 0 bridgehead atoms. The topological polar surface area (TPSA) is 69.6 Å². The van der Waals surface area contributed by atoms with Crippen LogP contribution < -0.4 is 15.0 Å². The number of likely N-dealkylation sites (tertiary alicyclic amines) is 1. The number of fused-ring (bicyclic) bond motifs is 1. The second kappa shape index (κ2) is 13.1. The van der Waals surface area contributed by atoms with Crippen LogP contribution in [0.5, 0.6) is 5.75 Å². The number of hydrogen-bond acceptors (Lipinski definition) is 8. The summed E-state index contributed by atoms with van der Waals surface area (Å²) >= 11 is 0. The first kappa shape index (κ1) is 31.0. The number of nitrogens with zero attached hydrogens (tertiary/aromatic N) is 6. The van der Waals surface area contributed by atoms with Crippen LogP contribution in [0.25, 0.3) is 11.3 Å². The Balaban J connectivity index is 1.37. The maximum Gasteiger partial charge on any atom is 0.256 e. The molecule has 2 aromatic heterocycles. The predicted octanol–water partition coefficient (Wildman–Crippen LogP) is 6.33. The third-order valence-electron chi connectivity index (χ3n) is 8.20. The number of benzene rings is 1. The van der Waals surface area contributed by atoms with Crippen molar-refractivity contribution in [2.75, 3.05) is 57.0 Å². The first-order chi connectivity index (χ1) is 20.5. The van der Waals surface area contributed by atoms with Gasteiger partial charge in [-0.05, 0) is 89.5 Å². The number of anilines is 3. The van der Waals surface area contributed by atoms with Gasteiger partial charge in [0, 0.05) is 30.4 Å². The summed E-state index contributed by atoms with van der Waals surface area (Å²) in [5.74, 6) is -0.322. The number of likely N-dealkylation sites (N-methyl/N-ethyl adjacent to an activating group) is 1. The number of hydrogen-bond donors (Lipinski definition) is 1. The summed E-state index contributed by atoms with van der Waals surface area (Å²) in [5.41, 5.74) is 2.77. The Bertz CT molecular complexity index is 1430. The molecule has 43 heavy (non-hydrogen) atoms. The fourth-order valence-corrected chi connectivity index (χ4v) is 5.87. The summed E-state index contributed by atoms with van der Waals surface area (Å²) in [5, 5.41) is 3.12. The van der Waals surface area contributed by atoms with Gasteiger partial charge >= 0.3 is 0 Å². The van der Waals surface area contributed by atoms with Crippen LogP contribution in [0.15, 0.2) is 30.5 Å². The van der Waals surface area contributed by atoms with Gasteiger partial charge in [0.1, 0.15) is 11.5 Å². The molecule has 0 radical (unpaired) electrons. The summed E-state index contributed by atoms with van der Waals surface area (Å²) in [6, 6.07) is 6.61. The molecule has 11 heteroatoms. The van der Waals surface area contributed by atoms with Crippen LogP contribution in [-0.2, 0) is 0 Å². The first-order valence-electron chi connectivity index (χ1n) is 15.1. The van der Waals surface area contributed by atoms with Crippen molar-refractivity contribution in [2.45, 2.75) is 64.8 Å². The Morgan fingerprint density at radius 2 is 1.79 bits per heavy atom. The van der Waals surface area contributed by atoms with Crippen molar-refractivity contribution >= 4 is 17.5 Å². The van der Waals surface area contributed by atoms with E-state index in [9.17, 15) is 4.39 Å². The largest absolute Gasteiger partial charge is 0.453 e. The lowest BCUT2D eigenvalue weighted by molar-refractivity contribution is 0.0591. The van der Waals surface area contributed by atoms with Crippen molar-refractivity contribution in [1.82, 2.24) is 24.8 Å². The van der Waals surface area contributed by atoms with E-state index in [-0.39, 0.29) is 41.5 Å². The molecule has 0 spiro atoms. The Hall–Kier alpha value is -3.44. The van der Waals surface area contributed by atoms with Crippen LogP contribution >= 0.6 is 0 Å². The zero-order valence-corrected chi connectivity index (χ0v) is 25.9. The van der Waals surface area contributed by atoms with Gasteiger partial charge < -0.3 is 24.8 Å².